The van der Waals surface area contributed by atoms with Gasteiger partial charge < -0.3 is 90.3 Å². The minimum Gasteiger partial charge on any atom is -0.508 e. The molecule has 86 heavy (non-hydrogen) atoms. The molecule has 0 aliphatic rings. The van der Waals surface area contributed by atoms with Gasteiger partial charge in [-0.05, 0) is 84.5 Å². The number of nitrogens with zero attached hydrogens (tertiary/aromatic N) is 1. The van der Waals surface area contributed by atoms with Gasteiger partial charge in [0.2, 0.25) is 47.3 Å². The number of rotatable bonds is 35. The number of nitrogens with two attached hydrogens (primary N) is 3. The number of aromatic nitrogens is 1. The summed E-state index contributed by atoms with van der Waals surface area (Å²) in [5, 5.41) is 69.2. The van der Waals surface area contributed by atoms with E-state index in [2.05, 4.69) is 52.5 Å². The average Bonchev–Trinajstić information content (AvgIpc) is 2.83. The lowest BCUT2D eigenvalue weighted by molar-refractivity contribution is -0.139. The van der Waals surface area contributed by atoms with E-state index >= 15 is 4.79 Å². The Morgan fingerprint density at radius 3 is 1.43 bits per heavy atom. The summed E-state index contributed by atoms with van der Waals surface area (Å²) >= 11 is 0. The number of hydrogen-bond donors (Lipinski definition) is 17. The Balaban J connectivity index is 1.77. The Bertz CT molecular complexity index is 3060. The topological polar surface area (TPSA) is 491 Å². The second-order valence-corrected chi connectivity index (χ2v) is 21.1. The predicted molar refractivity (Wildman–Crippen MR) is 311 cm³/mol. The number of H-pyrrole nitrogens is 1. The standard InChI is InChI=1S/C57H77N13O16/c1-29(2)47(55(85)63-28-46(77)78)70-51(81)39(10-7-23-61-57(59)60)64-52(82)41(24-31-11-15-34(71)16-12-31)67-54(84)43(26-33-27-62-38-9-6-5-8-36(33)38)68-53(83)42(25-32-13-17-35(72)18-14-32)66-50(80)40(20-22-45(75)76)65-56(86)48(30(3)4)69-49(79)37(58)19-21-44(73)74/h5-6,8-9,11-18,27,29-30,37,39-43,47-48,62,71-72H,7,10,19-26,28,58H2,1-4H3,(H,63,85)(H,64,82)(H,65,86)(H,66,80)(H,67,84)(H,68,83)(H,69,79)(H,70,81)(H,73,74)(H,75,76)(H,77,78)(H4,59,60,61)/t37-,39-,40-,41-,42-,43-,47-,48-/m0/s1. The quantitative estimate of drug-likeness (QED) is 0.0143. The number of hydrogen-bond acceptors (Lipinski definition) is 15. The highest BCUT2D eigenvalue weighted by atomic mass is 16.4. The highest BCUT2D eigenvalue weighted by molar-refractivity contribution is 5.99. The predicted octanol–water partition coefficient (Wildman–Crippen LogP) is -1.38. The van der Waals surface area contributed by atoms with Crippen molar-refractivity contribution in [3.05, 3.63) is 95.7 Å². The first kappa shape index (κ1) is 68.7. The van der Waals surface area contributed by atoms with Crippen LogP contribution in [-0.2, 0) is 72.0 Å². The van der Waals surface area contributed by atoms with Crippen LogP contribution in [0.3, 0.4) is 0 Å². The highest BCUT2D eigenvalue weighted by Crippen LogP contribution is 2.21. The van der Waals surface area contributed by atoms with Crippen LogP contribution in [0.1, 0.15) is 82.9 Å². The minimum absolute atomic E-state index is 0.00392. The number of guanidine groups is 1. The Labute approximate surface area is 494 Å². The van der Waals surface area contributed by atoms with Crippen molar-refractivity contribution in [2.24, 2.45) is 34.0 Å². The summed E-state index contributed by atoms with van der Waals surface area (Å²) < 4.78 is 0. The smallest absolute Gasteiger partial charge is 0.322 e. The number of aromatic amines is 1. The second kappa shape index (κ2) is 33.5. The van der Waals surface area contributed by atoms with Crippen LogP contribution in [0.2, 0.25) is 0 Å². The number of carbonyl (C=O) groups is 11. The van der Waals surface area contributed by atoms with E-state index < -0.39 is 151 Å². The molecule has 0 aliphatic heterocycles. The molecule has 466 valence electrons. The number of aromatic hydroxyl groups is 2. The number of aliphatic imine (C=N–C) groups is 1. The largest absolute Gasteiger partial charge is 0.508 e. The summed E-state index contributed by atoms with van der Waals surface area (Å²) in [7, 11) is 0. The molecule has 3 aromatic carbocycles. The van der Waals surface area contributed by atoms with Gasteiger partial charge in [0.1, 0.15) is 60.3 Å². The molecule has 0 aliphatic carbocycles. The Morgan fingerprint density at radius 2 is 0.930 bits per heavy atom. The summed E-state index contributed by atoms with van der Waals surface area (Å²) in [6.45, 7) is 5.54. The molecule has 29 heteroatoms. The van der Waals surface area contributed by atoms with Gasteiger partial charge in [0.25, 0.3) is 0 Å². The summed E-state index contributed by atoms with van der Waals surface area (Å²) in [4.78, 5) is 155. The van der Waals surface area contributed by atoms with Gasteiger partial charge in [-0.25, -0.2) is 0 Å². The van der Waals surface area contributed by atoms with Crippen LogP contribution in [0, 0.1) is 11.8 Å². The van der Waals surface area contributed by atoms with E-state index in [1.807, 2.05) is 0 Å². The third-order valence-electron chi connectivity index (χ3n) is 13.5. The zero-order chi connectivity index (χ0) is 63.8. The third kappa shape index (κ3) is 22.7. The SMILES string of the molecule is CC(C)[C@H](NC(=O)[C@H](CCCN=C(N)N)NC(=O)[C@H](Cc1ccc(O)cc1)NC(=O)[C@H](Cc1c[nH]c2ccccc12)NC(=O)[C@H](Cc1ccc(O)cc1)NC(=O)[C@H](CCC(=O)O)NC(=O)[C@@H](NC(=O)[C@@H](N)CCC(=O)O)C(C)C)C(=O)NCC(=O)O. The number of phenols is 2. The molecule has 0 saturated heterocycles. The average molecular weight is 1200 g/mol. The zero-order valence-corrected chi connectivity index (χ0v) is 48.0. The summed E-state index contributed by atoms with van der Waals surface area (Å²) in [5.41, 5.74) is 18.8. The molecular weight excluding hydrogens is 1120 g/mol. The van der Waals surface area contributed by atoms with Crippen LogP contribution in [0.5, 0.6) is 11.5 Å². The monoisotopic (exact) mass is 1200 g/mol. The first-order valence-electron chi connectivity index (χ1n) is 27.6. The van der Waals surface area contributed by atoms with Crippen LogP contribution in [0.25, 0.3) is 10.9 Å². The molecule has 4 rings (SSSR count). The first-order valence-corrected chi connectivity index (χ1v) is 27.6. The lowest BCUT2D eigenvalue weighted by atomic mass is 9.99. The molecule has 0 spiro atoms. The molecule has 1 aromatic heterocycles. The second-order valence-electron chi connectivity index (χ2n) is 21.1. The number of benzene rings is 3. The number of carboxylic acid groups (broad SMARTS) is 3. The van der Waals surface area contributed by atoms with Crippen LogP contribution in [-0.4, -0.2) is 163 Å². The van der Waals surface area contributed by atoms with Crippen molar-refractivity contribution in [3.8, 4) is 11.5 Å². The maximum Gasteiger partial charge on any atom is 0.322 e. The van der Waals surface area contributed by atoms with Crippen molar-refractivity contribution >= 4 is 82.0 Å². The van der Waals surface area contributed by atoms with E-state index in [9.17, 15) is 68.4 Å². The third-order valence-corrected chi connectivity index (χ3v) is 13.5. The van der Waals surface area contributed by atoms with Crippen molar-refractivity contribution in [2.45, 2.75) is 134 Å². The van der Waals surface area contributed by atoms with Gasteiger partial charge in [0.05, 0.1) is 6.04 Å². The minimum atomic E-state index is -1.68. The van der Waals surface area contributed by atoms with E-state index in [0.29, 0.717) is 27.6 Å². The van der Waals surface area contributed by atoms with E-state index in [0.717, 1.165) is 0 Å². The molecule has 0 fully saturated rings. The first-order chi connectivity index (χ1) is 40.6. The molecule has 0 saturated carbocycles. The Kier molecular flexibility index (Phi) is 26.7. The summed E-state index contributed by atoms with van der Waals surface area (Å²) in [5.74, 6) is -13.2. The highest BCUT2D eigenvalue weighted by Gasteiger charge is 2.36. The van der Waals surface area contributed by atoms with Crippen molar-refractivity contribution in [1.82, 2.24) is 47.5 Å². The number of phenolic OH excluding ortho intramolecular Hbond substituents is 2. The summed E-state index contributed by atoms with van der Waals surface area (Å²) in [6.07, 6.45) is -1.27. The van der Waals surface area contributed by atoms with Gasteiger partial charge in [0, 0.05) is 55.7 Å². The van der Waals surface area contributed by atoms with E-state index in [-0.39, 0.29) is 62.5 Å². The molecule has 29 nitrogen and oxygen atoms in total. The van der Waals surface area contributed by atoms with Gasteiger partial charge in [-0.2, -0.15) is 0 Å². The molecule has 0 bridgehead atoms. The molecule has 8 atom stereocenters. The lowest BCUT2D eigenvalue weighted by Crippen LogP contribution is -2.61. The van der Waals surface area contributed by atoms with Gasteiger partial charge in [-0.3, -0.25) is 57.7 Å². The number of nitrogens with one attached hydrogen (secondary N) is 9. The number of para-hydroxylation sites is 1. The molecule has 0 radical (unpaired) electrons. The van der Waals surface area contributed by atoms with Gasteiger partial charge in [-0.1, -0.05) is 70.2 Å². The number of fused-ring (bicyclic) bond motifs is 1. The summed E-state index contributed by atoms with van der Waals surface area (Å²) in [6, 6.07) is 6.17. The molecule has 0 unspecified atom stereocenters. The maximum absolute atomic E-state index is 15.1. The van der Waals surface area contributed by atoms with Crippen molar-refractivity contribution in [1.29, 1.82) is 0 Å². The van der Waals surface area contributed by atoms with Gasteiger partial charge in [0.15, 0.2) is 5.96 Å². The number of aliphatic carboxylic acids is 3. The van der Waals surface area contributed by atoms with E-state index in [1.165, 1.54) is 48.5 Å². The maximum atomic E-state index is 15.1. The van der Waals surface area contributed by atoms with Gasteiger partial charge in [-0.15, -0.1) is 0 Å². The van der Waals surface area contributed by atoms with Crippen LogP contribution in [0.15, 0.2) is 84.0 Å². The van der Waals surface area contributed by atoms with Gasteiger partial charge >= 0.3 is 17.9 Å². The van der Waals surface area contributed by atoms with Crippen LogP contribution < -0.4 is 59.7 Å². The zero-order valence-electron chi connectivity index (χ0n) is 48.0. The molecule has 8 amide bonds. The molecule has 20 N–H and O–H groups in total. The number of carboxylic acids is 3. The van der Waals surface area contributed by atoms with Crippen molar-refractivity contribution < 1.29 is 78.3 Å². The fourth-order valence-corrected chi connectivity index (χ4v) is 8.81. The van der Waals surface area contributed by atoms with Crippen molar-refractivity contribution in [3.63, 3.8) is 0 Å². The van der Waals surface area contributed by atoms with Crippen molar-refractivity contribution in [2.75, 3.05) is 13.1 Å². The normalized spacial score (nSPS) is 13.9. The Morgan fingerprint density at radius 1 is 0.500 bits per heavy atom. The fraction of sp³-hybridized carbons (Fsp3) is 0.439. The number of amides is 8. The molecule has 4 aromatic rings. The fourth-order valence-electron chi connectivity index (χ4n) is 8.81. The van der Waals surface area contributed by atoms with E-state index in [4.69, 9.17) is 22.3 Å². The van der Waals surface area contributed by atoms with Crippen LogP contribution in [0.4, 0.5) is 0 Å². The van der Waals surface area contributed by atoms with Crippen LogP contribution >= 0.6 is 0 Å². The Hall–Kier alpha value is -9.80. The number of carbonyl (C=O) groups excluding carboxylic acids is 8. The molecule has 1 heterocycles. The van der Waals surface area contributed by atoms with E-state index in [1.54, 1.807) is 58.2 Å². The lowest BCUT2D eigenvalue weighted by Gasteiger charge is -2.29. The molecular formula is C57H77N13O16.